The number of carbonyl (C=O) groups excluding carboxylic acids is 1. The molecule has 0 fully saturated rings. The highest BCUT2D eigenvalue weighted by Crippen LogP contribution is 2.20. The molecule has 0 saturated carbocycles. The lowest BCUT2D eigenvalue weighted by atomic mass is 10.1. The Morgan fingerprint density at radius 3 is 2.53 bits per heavy atom. The van der Waals surface area contributed by atoms with Crippen LogP contribution in [-0.2, 0) is 0 Å². The molecule has 0 unspecified atom stereocenters. The van der Waals surface area contributed by atoms with Crippen molar-refractivity contribution in [1.82, 2.24) is 4.90 Å². The molecule has 0 aliphatic carbocycles. The molecule has 0 saturated heterocycles. The average molecular weight is 351 g/mol. The summed E-state index contributed by atoms with van der Waals surface area (Å²) in [5.41, 5.74) is 0.477. The smallest absolute Gasteiger partial charge is 0.254 e. The van der Waals surface area contributed by atoms with Gasteiger partial charge >= 0.3 is 0 Å². The Bertz CT molecular complexity index is 437. The Labute approximate surface area is 127 Å². The maximum Gasteiger partial charge on any atom is 0.254 e. The molecule has 0 heterocycles. The van der Waals surface area contributed by atoms with E-state index in [2.05, 4.69) is 15.9 Å². The van der Waals surface area contributed by atoms with E-state index in [0.717, 1.165) is 12.8 Å². The van der Waals surface area contributed by atoms with Crippen molar-refractivity contribution in [3.8, 4) is 0 Å². The average Bonchev–Trinajstić information content (AvgIpc) is 2.41. The van der Waals surface area contributed by atoms with Crippen molar-refractivity contribution in [3.63, 3.8) is 0 Å². The van der Waals surface area contributed by atoms with Crippen molar-refractivity contribution in [2.24, 2.45) is 0 Å². The summed E-state index contributed by atoms with van der Waals surface area (Å²) in [5.74, 6) is -0.0806. The summed E-state index contributed by atoms with van der Waals surface area (Å²) in [5, 5.41) is 0. The van der Waals surface area contributed by atoms with Crippen LogP contribution in [0.5, 0.6) is 0 Å². The molecule has 0 atom stereocenters. The van der Waals surface area contributed by atoms with Crippen LogP contribution < -0.4 is 0 Å². The van der Waals surface area contributed by atoms with E-state index < -0.39 is 0 Å². The normalized spacial score (nSPS) is 10.8. The van der Waals surface area contributed by atoms with Crippen LogP contribution in [0.4, 0.5) is 4.39 Å². The number of halogens is 3. The quantitative estimate of drug-likeness (QED) is 0.694. The van der Waals surface area contributed by atoms with Gasteiger partial charge in [-0.25, -0.2) is 4.39 Å². The van der Waals surface area contributed by atoms with E-state index in [1.165, 1.54) is 18.2 Å². The van der Waals surface area contributed by atoms with Gasteiger partial charge in [0.2, 0.25) is 0 Å². The van der Waals surface area contributed by atoms with Crippen LogP contribution >= 0.6 is 27.5 Å². The van der Waals surface area contributed by atoms with Crippen molar-refractivity contribution in [2.45, 2.75) is 32.7 Å². The molecule has 0 N–H and O–H groups in total. The van der Waals surface area contributed by atoms with Crippen LogP contribution in [0.2, 0.25) is 0 Å². The lowest BCUT2D eigenvalue weighted by Crippen LogP contribution is -2.41. The summed E-state index contributed by atoms with van der Waals surface area (Å²) in [6.07, 6.45) is 1.75. The van der Waals surface area contributed by atoms with E-state index in [-0.39, 0.29) is 17.8 Å². The van der Waals surface area contributed by atoms with E-state index >= 15 is 0 Å². The molecule has 19 heavy (non-hydrogen) atoms. The van der Waals surface area contributed by atoms with E-state index in [1.54, 1.807) is 4.90 Å². The van der Waals surface area contributed by atoms with Gasteiger partial charge < -0.3 is 4.90 Å². The third-order valence-electron chi connectivity index (χ3n) is 3.14. The molecule has 0 aliphatic heterocycles. The van der Waals surface area contributed by atoms with Crippen LogP contribution in [0.3, 0.4) is 0 Å². The lowest BCUT2D eigenvalue weighted by Gasteiger charge is -2.30. The summed E-state index contributed by atoms with van der Waals surface area (Å²) in [6.45, 7) is 4.59. The van der Waals surface area contributed by atoms with E-state index in [4.69, 9.17) is 11.6 Å². The second kappa shape index (κ2) is 7.85. The van der Waals surface area contributed by atoms with Crippen molar-refractivity contribution >= 4 is 33.4 Å². The molecule has 1 rings (SSSR count). The molecule has 0 radical (unpaired) electrons. The van der Waals surface area contributed by atoms with Gasteiger partial charge in [0.15, 0.2) is 0 Å². The molecule has 1 aromatic carbocycles. The van der Waals surface area contributed by atoms with Crippen molar-refractivity contribution < 1.29 is 9.18 Å². The van der Waals surface area contributed by atoms with Gasteiger partial charge in [0, 0.05) is 24.0 Å². The fourth-order valence-corrected chi connectivity index (χ4v) is 2.63. The van der Waals surface area contributed by atoms with Gasteiger partial charge in [-0.2, -0.15) is 0 Å². The maximum atomic E-state index is 13.2. The Morgan fingerprint density at radius 2 is 2.05 bits per heavy atom. The summed E-state index contributed by atoms with van der Waals surface area (Å²) < 4.78 is 13.5. The molecule has 0 aromatic heterocycles. The molecular weight excluding hydrogens is 333 g/mol. The highest BCUT2D eigenvalue weighted by molar-refractivity contribution is 9.10. The molecule has 5 heteroatoms. The SMILES string of the molecule is CCC(CC)N(CCCl)C(=O)c1ccc(F)c(Br)c1. The molecule has 0 bridgehead atoms. The fraction of sp³-hybridized carbons (Fsp3) is 0.500. The molecule has 1 amide bonds. The van der Waals surface area contributed by atoms with Gasteiger partial charge in [-0.05, 0) is 47.0 Å². The molecule has 0 aliphatic rings. The van der Waals surface area contributed by atoms with Crippen LogP contribution in [0, 0.1) is 5.82 Å². The number of hydrogen-bond acceptors (Lipinski definition) is 1. The minimum Gasteiger partial charge on any atom is -0.334 e. The topological polar surface area (TPSA) is 20.3 Å². The van der Waals surface area contributed by atoms with Gasteiger partial charge in [0.1, 0.15) is 5.82 Å². The molecule has 0 spiro atoms. The number of benzene rings is 1. The molecule has 2 nitrogen and oxygen atoms in total. The third-order valence-corrected chi connectivity index (χ3v) is 3.91. The van der Waals surface area contributed by atoms with Crippen LogP contribution in [-0.4, -0.2) is 29.3 Å². The Balaban J connectivity index is 3.01. The lowest BCUT2D eigenvalue weighted by molar-refractivity contribution is 0.0681. The minimum absolute atomic E-state index is 0.102. The first-order valence-corrected chi connectivity index (χ1v) is 7.69. The fourth-order valence-electron chi connectivity index (χ4n) is 2.07. The zero-order valence-corrected chi connectivity index (χ0v) is 13.5. The number of alkyl halides is 1. The number of carbonyl (C=O) groups is 1. The predicted octanol–water partition coefficient (Wildman–Crippen LogP) is 4.46. The largest absolute Gasteiger partial charge is 0.334 e. The Hall–Kier alpha value is -0.610. The second-order valence-corrected chi connectivity index (χ2v) is 5.52. The van der Waals surface area contributed by atoms with Gasteiger partial charge in [-0.3, -0.25) is 4.79 Å². The summed E-state index contributed by atoms with van der Waals surface area (Å²) in [7, 11) is 0. The highest BCUT2D eigenvalue weighted by Gasteiger charge is 2.22. The van der Waals surface area contributed by atoms with Gasteiger partial charge in [-0.1, -0.05) is 13.8 Å². The third kappa shape index (κ3) is 4.18. The number of nitrogens with zero attached hydrogens (tertiary/aromatic N) is 1. The Morgan fingerprint density at radius 1 is 1.42 bits per heavy atom. The second-order valence-electron chi connectivity index (χ2n) is 4.29. The van der Waals surface area contributed by atoms with Crippen molar-refractivity contribution in [1.29, 1.82) is 0 Å². The first-order chi connectivity index (χ1) is 9.04. The number of rotatable bonds is 6. The van der Waals surface area contributed by atoms with Crippen LogP contribution in [0.1, 0.15) is 37.0 Å². The van der Waals surface area contributed by atoms with Crippen LogP contribution in [0.15, 0.2) is 22.7 Å². The van der Waals surface area contributed by atoms with Crippen molar-refractivity contribution in [2.75, 3.05) is 12.4 Å². The van der Waals surface area contributed by atoms with Gasteiger partial charge in [-0.15, -0.1) is 11.6 Å². The molecule has 106 valence electrons. The van der Waals surface area contributed by atoms with Crippen molar-refractivity contribution in [3.05, 3.63) is 34.1 Å². The highest BCUT2D eigenvalue weighted by atomic mass is 79.9. The minimum atomic E-state index is -0.372. The first kappa shape index (κ1) is 16.4. The van der Waals surface area contributed by atoms with Crippen LogP contribution in [0.25, 0.3) is 0 Å². The summed E-state index contributed by atoms with van der Waals surface area (Å²) >= 11 is 8.88. The number of hydrogen-bond donors (Lipinski definition) is 0. The zero-order valence-electron chi connectivity index (χ0n) is 11.1. The Kier molecular flexibility index (Phi) is 6.80. The predicted molar refractivity (Wildman–Crippen MR) is 80.2 cm³/mol. The number of amides is 1. The van der Waals surface area contributed by atoms with E-state index in [9.17, 15) is 9.18 Å². The first-order valence-electron chi connectivity index (χ1n) is 6.37. The molecule has 1 aromatic rings. The van der Waals surface area contributed by atoms with Gasteiger partial charge in [0.25, 0.3) is 5.91 Å². The van der Waals surface area contributed by atoms with Gasteiger partial charge in [0.05, 0.1) is 4.47 Å². The van der Waals surface area contributed by atoms with E-state index in [0.29, 0.717) is 22.5 Å². The maximum absolute atomic E-state index is 13.2. The summed E-state index contributed by atoms with van der Waals surface area (Å²) in [6, 6.07) is 4.48. The standard InChI is InChI=1S/C14H18BrClFNO/c1-3-11(4-2)18(8-7-16)14(19)10-5-6-13(17)12(15)9-10/h5-6,9,11H,3-4,7-8H2,1-2H3. The monoisotopic (exact) mass is 349 g/mol. The zero-order chi connectivity index (χ0) is 14.4. The van der Waals surface area contributed by atoms with E-state index in [1.807, 2.05) is 13.8 Å². The summed E-state index contributed by atoms with van der Waals surface area (Å²) in [4.78, 5) is 14.3. The molecular formula is C14H18BrClFNO.